The molecule has 1 aromatic carbocycles. The lowest BCUT2D eigenvalue weighted by Gasteiger charge is -2.24. The van der Waals surface area contributed by atoms with E-state index in [9.17, 15) is 9.59 Å². The number of hydrogen-bond donors (Lipinski definition) is 1. The van der Waals surface area contributed by atoms with E-state index in [1.165, 1.54) is 22.3 Å². The molecule has 0 unspecified atom stereocenters. The number of aromatic nitrogens is 2. The van der Waals surface area contributed by atoms with Crippen LogP contribution in [-0.2, 0) is 4.79 Å². The van der Waals surface area contributed by atoms with E-state index in [4.69, 9.17) is 23.2 Å². The largest absolute Gasteiger partial charge is 0.327 e. The Morgan fingerprint density at radius 2 is 2.12 bits per heavy atom. The van der Waals surface area contributed by atoms with E-state index in [-0.39, 0.29) is 11.8 Å². The molecule has 1 fully saturated rings. The third kappa shape index (κ3) is 3.53. The fourth-order valence-corrected chi connectivity index (χ4v) is 3.60. The van der Waals surface area contributed by atoms with Gasteiger partial charge in [-0.2, -0.15) is 0 Å². The summed E-state index contributed by atoms with van der Waals surface area (Å²) in [6.07, 6.45) is 1.34. The monoisotopic (exact) mass is 384 g/mol. The average molecular weight is 385 g/mol. The number of amides is 2. The number of aryl methyl sites for hydroxylation is 1. The van der Waals surface area contributed by atoms with Gasteiger partial charge in [-0.3, -0.25) is 14.9 Å². The highest BCUT2D eigenvalue weighted by Gasteiger charge is 2.35. The number of hydrogen-bond acceptors (Lipinski definition) is 5. The minimum Gasteiger partial charge on any atom is -0.327 e. The number of carbonyl (C=O) groups excluding carboxylic acids is 2. The van der Waals surface area contributed by atoms with Gasteiger partial charge in [0.2, 0.25) is 11.0 Å². The van der Waals surface area contributed by atoms with Crippen molar-refractivity contribution >= 4 is 51.5 Å². The van der Waals surface area contributed by atoms with Crippen LogP contribution in [0.4, 0.5) is 5.13 Å². The lowest BCUT2D eigenvalue weighted by atomic mass is 10.1. The Labute approximate surface area is 152 Å². The molecule has 0 bridgehead atoms. The molecule has 2 aromatic rings. The van der Waals surface area contributed by atoms with Gasteiger partial charge in [-0.25, -0.2) is 0 Å². The molecule has 9 heteroatoms. The zero-order valence-corrected chi connectivity index (χ0v) is 15.1. The molecule has 1 aliphatic rings. The summed E-state index contributed by atoms with van der Waals surface area (Å²) in [7, 11) is 0. The van der Waals surface area contributed by atoms with Crippen molar-refractivity contribution in [3.63, 3.8) is 0 Å². The second-order valence-corrected chi connectivity index (χ2v) is 7.42. The van der Waals surface area contributed by atoms with Gasteiger partial charge in [0.1, 0.15) is 11.0 Å². The van der Waals surface area contributed by atoms with Crippen molar-refractivity contribution in [1.82, 2.24) is 15.1 Å². The summed E-state index contributed by atoms with van der Waals surface area (Å²) in [6.45, 7) is 2.30. The molecular weight excluding hydrogens is 371 g/mol. The molecule has 3 rings (SSSR count). The molecule has 1 saturated heterocycles. The zero-order chi connectivity index (χ0) is 17.3. The van der Waals surface area contributed by atoms with Crippen LogP contribution in [0.2, 0.25) is 10.0 Å². The molecule has 1 aliphatic heterocycles. The quantitative estimate of drug-likeness (QED) is 0.879. The standard InChI is InChI=1S/C15H14Cl2N4O2S/c1-8-19-20-15(24-8)18-13(22)12-3-2-6-21(12)14(23)10-7-9(16)4-5-11(10)17/h4-5,7,12H,2-3,6H2,1H3,(H,18,20,22)/t12-/m1/s1. The molecule has 0 saturated carbocycles. The van der Waals surface area contributed by atoms with Gasteiger partial charge < -0.3 is 4.90 Å². The maximum Gasteiger partial charge on any atom is 0.256 e. The fourth-order valence-electron chi connectivity index (χ4n) is 2.63. The summed E-state index contributed by atoms with van der Waals surface area (Å²) in [6, 6.07) is 4.16. The van der Waals surface area contributed by atoms with E-state index in [0.29, 0.717) is 33.7 Å². The molecule has 24 heavy (non-hydrogen) atoms. The molecule has 0 radical (unpaired) electrons. The Bertz CT molecular complexity index is 796. The third-order valence-electron chi connectivity index (χ3n) is 3.73. The van der Waals surface area contributed by atoms with Crippen LogP contribution in [0.1, 0.15) is 28.2 Å². The second kappa shape index (κ2) is 7.04. The molecule has 1 aromatic heterocycles. The molecule has 0 spiro atoms. The third-order valence-corrected chi connectivity index (χ3v) is 5.05. The van der Waals surface area contributed by atoms with E-state index < -0.39 is 6.04 Å². The molecule has 2 amide bonds. The van der Waals surface area contributed by atoms with Gasteiger partial charge in [0.05, 0.1) is 10.6 Å². The number of nitrogens with one attached hydrogen (secondary N) is 1. The van der Waals surface area contributed by atoms with Crippen LogP contribution in [0.3, 0.4) is 0 Å². The predicted octanol–water partition coefficient (Wildman–Crippen LogP) is 3.40. The molecule has 2 heterocycles. The van der Waals surface area contributed by atoms with Crippen LogP contribution in [0.25, 0.3) is 0 Å². The Hall–Kier alpha value is -1.70. The van der Waals surface area contributed by atoms with E-state index in [2.05, 4.69) is 15.5 Å². The lowest BCUT2D eigenvalue weighted by Crippen LogP contribution is -2.43. The van der Waals surface area contributed by atoms with Crippen molar-refractivity contribution in [3.05, 3.63) is 38.8 Å². The normalized spacial score (nSPS) is 17.1. The first kappa shape index (κ1) is 17.1. The number of carbonyl (C=O) groups is 2. The van der Waals surface area contributed by atoms with Crippen molar-refractivity contribution < 1.29 is 9.59 Å². The lowest BCUT2D eigenvalue weighted by molar-refractivity contribution is -0.119. The number of likely N-dealkylation sites (tertiary alicyclic amines) is 1. The van der Waals surface area contributed by atoms with E-state index >= 15 is 0 Å². The first-order chi connectivity index (χ1) is 11.5. The molecule has 1 N–H and O–H groups in total. The highest BCUT2D eigenvalue weighted by molar-refractivity contribution is 7.15. The zero-order valence-electron chi connectivity index (χ0n) is 12.8. The van der Waals surface area contributed by atoms with Gasteiger partial charge in [-0.1, -0.05) is 34.5 Å². The Balaban J connectivity index is 1.78. The van der Waals surface area contributed by atoms with Crippen LogP contribution >= 0.6 is 34.5 Å². The topological polar surface area (TPSA) is 75.2 Å². The minimum absolute atomic E-state index is 0.268. The SMILES string of the molecule is Cc1nnc(NC(=O)[C@H]2CCCN2C(=O)c2cc(Cl)ccc2Cl)s1. The summed E-state index contributed by atoms with van der Waals surface area (Å²) in [5, 5.41) is 12.4. The van der Waals surface area contributed by atoms with Gasteiger partial charge in [-0.05, 0) is 38.0 Å². The van der Waals surface area contributed by atoms with E-state index in [1.807, 2.05) is 0 Å². The Kier molecular flexibility index (Phi) is 5.03. The smallest absolute Gasteiger partial charge is 0.256 e. The summed E-state index contributed by atoms with van der Waals surface area (Å²) in [5.41, 5.74) is 0.302. The van der Waals surface area contributed by atoms with Crippen molar-refractivity contribution in [2.75, 3.05) is 11.9 Å². The van der Waals surface area contributed by atoms with Crippen molar-refractivity contribution in [2.45, 2.75) is 25.8 Å². The Morgan fingerprint density at radius 3 is 2.83 bits per heavy atom. The maximum absolute atomic E-state index is 12.8. The van der Waals surface area contributed by atoms with Crippen molar-refractivity contribution in [1.29, 1.82) is 0 Å². The van der Waals surface area contributed by atoms with Crippen LogP contribution in [0, 0.1) is 6.92 Å². The van der Waals surface area contributed by atoms with Gasteiger partial charge in [0, 0.05) is 11.6 Å². The molecular formula is C15H14Cl2N4O2S. The predicted molar refractivity (Wildman–Crippen MR) is 93.8 cm³/mol. The average Bonchev–Trinajstić information content (AvgIpc) is 3.18. The molecule has 126 valence electrons. The summed E-state index contributed by atoms with van der Waals surface area (Å²) >= 11 is 13.3. The first-order valence-electron chi connectivity index (χ1n) is 7.32. The summed E-state index contributed by atoms with van der Waals surface area (Å²) in [4.78, 5) is 26.8. The number of rotatable bonds is 3. The van der Waals surface area contributed by atoms with Gasteiger partial charge in [0.25, 0.3) is 5.91 Å². The summed E-state index contributed by atoms with van der Waals surface area (Å²) in [5.74, 6) is -0.566. The van der Waals surface area contributed by atoms with Crippen molar-refractivity contribution in [3.8, 4) is 0 Å². The van der Waals surface area contributed by atoms with Crippen LogP contribution in [-0.4, -0.2) is 39.5 Å². The Morgan fingerprint density at radius 1 is 1.33 bits per heavy atom. The maximum atomic E-state index is 12.8. The van der Waals surface area contributed by atoms with Crippen LogP contribution < -0.4 is 5.32 Å². The summed E-state index contributed by atoms with van der Waals surface area (Å²) < 4.78 is 0. The molecule has 0 aliphatic carbocycles. The number of benzene rings is 1. The molecule has 6 nitrogen and oxygen atoms in total. The highest BCUT2D eigenvalue weighted by Crippen LogP contribution is 2.27. The van der Waals surface area contributed by atoms with Crippen LogP contribution in [0.15, 0.2) is 18.2 Å². The van der Waals surface area contributed by atoms with Gasteiger partial charge in [-0.15, -0.1) is 10.2 Å². The van der Waals surface area contributed by atoms with Gasteiger partial charge in [0.15, 0.2) is 0 Å². The van der Waals surface area contributed by atoms with E-state index in [0.717, 1.165) is 11.4 Å². The van der Waals surface area contributed by atoms with Crippen LogP contribution in [0.5, 0.6) is 0 Å². The van der Waals surface area contributed by atoms with Gasteiger partial charge >= 0.3 is 0 Å². The minimum atomic E-state index is -0.559. The number of nitrogens with zero attached hydrogens (tertiary/aromatic N) is 3. The fraction of sp³-hybridized carbons (Fsp3) is 0.333. The first-order valence-corrected chi connectivity index (χ1v) is 8.90. The van der Waals surface area contributed by atoms with E-state index in [1.54, 1.807) is 19.1 Å². The number of halogens is 2. The van der Waals surface area contributed by atoms with Crippen molar-refractivity contribution in [2.24, 2.45) is 0 Å². The number of anilines is 1. The second-order valence-electron chi connectivity index (χ2n) is 5.40. The molecule has 1 atom stereocenters. The highest BCUT2D eigenvalue weighted by atomic mass is 35.5.